The van der Waals surface area contributed by atoms with Crippen molar-refractivity contribution in [1.82, 2.24) is 25.8 Å². The first kappa shape index (κ1) is 11.6. The lowest BCUT2D eigenvalue weighted by Gasteiger charge is -2.07. The summed E-state index contributed by atoms with van der Waals surface area (Å²) in [5.41, 5.74) is 0. The minimum atomic E-state index is 0.00298. The van der Waals surface area contributed by atoms with Crippen molar-refractivity contribution in [3.8, 4) is 0 Å². The number of H-pyrrole nitrogens is 1. The van der Waals surface area contributed by atoms with Gasteiger partial charge in [0.15, 0.2) is 0 Å². The van der Waals surface area contributed by atoms with Crippen molar-refractivity contribution in [2.24, 2.45) is 0 Å². The Hall–Kier alpha value is -1.43. The first-order valence-corrected chi connectivity index (χ1v) is 5.03. The quantitative estimate of drug-likeness (QED) is 0.590. The molecule has 0 aliphatic rings. The van der Waals surface area contributed by atoms with Gasteiger partial charge in [-0.25, -0.2) is 4.98 Å². The highest BCUT2D eigenvalue weighted by Crippen LogP contribution is 1.85. The second-order valence-electron chi connectivity index (χ2n) is 3.57. The molecule has 1 heterocycles. The zero-order valence-corrected chi connectivity index (χ0v) is 9.08. The van der Waals surface area contributed by atoms with Gasteiger partial charge < -0.3 is 10.6 Å². The maximum absolute atomic E-state index is 11.3. The van der Waals surface area contributed by atoms with Gasteiger partial charge in [0.2, 0.25) is 5.91 Å². The largest absolute Gasteiger partial charge is 0.355 e. The van der Waals surface area contributed by atoms with Crippen LogP contribution in [0.4, 0.5) is 0 Å². The summed E-state index contributed by atoms with van der Waals surface area (Å²) >= 11 is 0. The van der Waals surface area contributed by atoms with Gasteiger partial charge in [0.05, 0.1) is 6.54 Å². The third-order valence-corrected chi connectivity index (χ3v) is 1.82. The number of carbonyl (C=O) groups is 1. The van der Waals surface area contributed by atoms with E-state index in [-0.39, 0.29) is 5.91 Å². The van der Waals surface area contributed by atoms with Gasteiger partial charge in [-0.05, 0) is 0 Å². The fourth-order valence-electron chi connectivity index (χ4n) is 1.03. The van der Waals surface area contributed by atoms with Crippen molar-refractivity contribution in [3.63, 3.8) is 0 Å². The summed E-state index contributed by atoms with van der Waals surface area (Å²) in [5, 5.41) is 12.3. The Morgan fingerprint density at radius 1 is 1.60 bits per heavy atom. The van der Waals surface area contributed by atoms with Crippen molar-refractivity contribution in [2.75, 3.05) is 13.1 Å². The molecule has 84 valence electrons. The van der Waals surface area contributed by atoms with E-state index in [0.29, 0.717) is 25.6 Å². The molecule has 6 heteroatoms. The van der Waals surface area contributed by atoms with Crippen LogP contribution >= 0.6 is 0 Å². The van der Waals surface area contributed by atoms with E-state index in [2.05, 4.69) is 25.8 Å². The molecule has 0 radical (unpaired) electrons. The molecular formula is C9H17N5O. The number of hydrogen-bond acceptors (Lipinski definition) is 4. The summed E-state index contributed by atoms with van der Waals surface area (Å²) < 4.78 is 0. The summed E-state index contributed by atoms with van der Waals surface area (Å²) in [6.07, 6.45) is 2.13. The summed E-state index contributed by atoms with van der Waals surface area (Å²) in [6.45, 7) is 4.94. The highest BCUT2D eigenvalue weighted by Gasteiger charge is 2.02. The van der Waals surface area contributed by atoms with Crippen molar-refractivity contribution in [3.05, 3.63) is 12.2 Å². The summed E-state index contributed by atoms with van der Waals surface area (Å²) in [6, 6.07) is 0.324. The third kappa shape index (κ3) is 5.11. The maximum Gasteiger partial charge on any atom is 0.233 e. The zero-order valence-electron chi connectivity index (χ0n) is 9.08. The van der Waals surface area contributed by atoms with Crippen LogP contribution in [0, 0.1) is 0 Å². The van der Waals surface area contributed by atoms with Gasteiger partial charge in [-0.2, -0.15) is 5.10 Å². The lowest BCUT2D eigenvalue weighted by molar-refractivity contribution is -0.120. The molecular weight excluding hydrogens is 194 g/mol. The average Bonchev–Trinajstić information content (AvgIpc) is 2.67. The van der Waals surface area contributed by atoms with Crippen LogP contribution in [0.1, 0.15) is 19.7 Å². The first-order valence-electron chi connectivity index (χ1n) is 5.03. The molecule has 1 rings (SSSR count). The van der Waals surface area contributed by atoms with Crippen molar-refractivity contribution in [2.45, 2.75) is 26.3 Å². The van der Waals surface area contributed by atoms with Gasteiger partial charge in [0.25, 0.3) is 0 Å². The SMILES string of the molecule is CC(C)NCC(=O)NCCc1ncn[nH]1. The van der Waals surface area contributed by atoms with Gasteiger partial charge in [-0.3, -0.25) is 9.89 Å². The number of hydrogen-bond donors (Lipinski definition) is 3. The Bertz CT molecular complexity index is 283. The molecule has 0 bridgehead atoms. The van der Waals surface area contributed by atoms with Crippen LogP contribution in [-0.4, -0.2) is 40.2 Å². The molecule has 0 saturated carbocycles. The predicted molar refractivity (Wildman–Crippen MR) is 56.2 cm³/mol. The number of aromatic nitrogens is 3. The Labute approximate surface area is 88.9 Å². The molecule has 0 aromatic carbocycles. The predicted octanol–water partition coefficient (Wildman–Crippen LogP) is -0.539. The molecule has 0 aliphatic carbocycles. The lowest BCUT2D eigenvalue weighted by atomic mass is 10.3. The Morgan fingerprint density at radius 3 is 3.00 bits per heavy atom. The van der Waals surface area contributed by atoms with E-state index in [0.717, 1.165) is 5.82 Å². The Balaban J connectivity index is 2.07. The van der Waals surface area contributed by atoms with E-state index >= 15 is 0 Å². The molecule has 0 atom stereocenters. The lowest BCUT2D eigenvalue weighted by Crippen LogP contribution is -2.37. The van der Waals surface area contributed by atoms with E-state index < -0.39 is 0 Å². The monoisotopic (exact) mass is 211 g/mol. The molecule has 15 heavy (non-hydrogen) atoms. The van der Waals surface area contributed by atoms with Crippen molar-refractivity contribution < 1.29 is 4.79 Å². The Morgan fingerprint density at radius 2 is 2.40 bits per heavy atom. The number of amides is 1. The topological polar surface area (TPSA) is 82.7 Å². The van der Waals surface area contributed by atoms with E-state index in [4.69, 9.17) is 0 Å². The van der Waals surface area contributed by atoms with Crippen LogP contribution < -0.4 is 10.6 Å². The minimum absolute atomic E-state index is 0.00298. The molecule has 3 N–H and O–H groups in total. The molecule has 0 saturated heterocycles. The minimum Gasteiger partial charge on any atom is -0.355 e. The molecule has 1 aromatic heterocycles. The summed E-state index contributed by atoms with van der Waals surface area (Å²) in [7, 11) is 0. The molecule has 0 aliphatic heterocycles. The van der Waals surface area contributed by atoms with Gasteiger partial charge in [-0.1, -0.05) is 13.8 Å². The number of carbonyl (C=O) groups excluding carboxylic acids is 1. The number of aromatic amines is 1. The van der Waals surface area contributed by atoms with Crippen LogP contribution in [0.5, 0.6) is 0 Å². The number of nitrogens with one attached hydrogen (secondary N) is 3. The number of rotatable bonds is 6. The standard InChI is InChI=1S/C9H17N5O/c1-7(2)11-5-9(15)10-4-3-8-12-6-13-14-8/h6-7,11H,3-5H2,1-2H3,(H,10,15)(H,12,13,14). The maximum atomic E-state index is 11.3. The molecule has 0 spiro atoms. The van der Waals surface area contributed by atoms with E-state index in [1.807, 2.05) is 13.8 Å². The fourth-order valence-corrected chi connectivity index (χ4v) is 1.03. The number of nitrogens with zero attached hydrogens (tertiary/aromatic N) is 2. The van der Waals surface area contributed by atoms with Gasteiger partial charge in [0, 0.05) is 19.0 Å². The van der Waals surface area contributed by atoms with Crippen LogP contribution in [-0.2, 0) is 11.2 Å². The third-order valence-electron chi connectivity index (χ3n) is 1.82. The molecule has 0 unspecified atom stereocenters. The van der Waals surface area contributed by atoms with Gasteiger partial charge in [0.1, 0.15) is 12.2 Å². The second kappa shape index (κ2) is 6.13. The normalized spacial score (nSPS) is 10.6. The van der Waals surface area contributed by atoms with E-state index in [9.17, 15) is 4.79 Å². The summed E-state index contributed by atoms with van der Waals surface area (Å²) in [4.78, 5) is 15.2. The highest BCUT2D eigenvalue weighted by molar-refractivity contribution is 5.77. The molecule has 6 nitrogen and oxygen atoms in total. The summed E-state index contributed by atoms with van der Waals surface area (Å²) in [5.74, 6) is 0.787. The smallest absolute Gasteiger partial charge is 0.233 e. The average molecular weight is 211 g/mol. The molecule has 1 aromatic rings. The van der Waals surface area contributed by atoms with Gasteiger partial charge in [-0.15, -0.1) is 0 Å². The van der Waals surface area contributed by atoms with E-state index in [1.165, 1.54) is 6.33 Å². The van der Waals surface area contributed by atoms with Crippen molar-refractivity contribution in [1.29, 1.82) is 0 Å². The fraction of sp³-hybridized carbons (Fsp3) is 0.667. The van der Waals surface area contributed by atoms with Crippen LogP contribution in [0.3, 0.4) is 0 Å². The Kier molecular flexibility index (Phi) is 4.76. The molecule has 0 fully saturated rings. The van der Waals surface area contributed by atoms with Crippen LogP contribution in [0.2, 0.25) is 0 Å². The first-order chi connectivity index (χ1) is 7.18. The zero-order chi connectivity index (χ0) is 11.1. The van der Waals surface area contributed by atoms with Gasteiger partial charge >= 0.3 is 0 Å². The highest BCUT2D eigenvalue weighted by atomic mass is 16.1. The van der Waals surface area contributed by atoms with Crippen LogP contribution in [0.25, 0.3) is 0 Å². The molecule has 1 amide bonds. The van der Waals surface area contributed by atoms with Crippen LogP contribution in [0.15, 0.2) is 6.33 Å². The van der Waals surface area contributed by atoms with E-state index in [1.54, 1.807) is 0 Å². The van der Waals surface area contributed by atoms with Crippen molar-refractivity contribution >= 4 is 5.91 Å². The second-order valence-corrected chi connectivity index (χ2v) is 3.57.